The smallest absolute Gasteiger partial charge is 0.0948 e. The SMILES string of the molecule is CC(N)c1cncn1CCCS(C)=O. The van der Waals surface area contributed by atoms with Crippen LogP contribution < -0.4 is 5.73 Å². The first kappa shape index (κ1) is 11.4. The van der Waals surface area contributed by atoms with Crippen molar-refractivity contribution in [1.82, 2.24) is 9.55 Å². The monoisotopic (exact) mass is 215 g/mol. The van der Waals surface area contributed by atoms with E-state index in [-0.39, 0.29) is 6.04 Å². The second kappa shape index (κ2) is 5.26. The number of rotatable bonds is 5. The lowest BCUT2D eigenvalue weighted by atomic mass is 10.2. The first-order valence-electron chi connectivity index (χ1n) is 4.67. The van der Waals surface area contributed by atoms with Crippen molar-refractivity contribution in [2.24, 2.45) is 5.73 Å². The van der Waals surface area contributed by atoms with Gasteiger partial charge in [-0.05, 0) is 13.3 Å². The number of aromatic nitrogens is 2. The molecule has 0 saturated carbocycles. The number of nitrogens with two attached hydrogens (primary N) is 1. The third-order valence-electron chi connectivity index (χ3n) is 2.04. The molecule has 2 unspecified atom stereocenters. The summed E-state index contributed by atoms with van der Waals surface area (Å²) in [7, 11) is -0.709. The van der Waals surface area contributed by atoms with Crippen LogP contribution in [0.3, 0.4) is 0 Å². The Morgan fingerprint density at radius 3 is 3.00 bits per heavy atom. The van der Waals surface area contributed by atoms with Gasteiger partial charge in [-0.25, -0.2) is 4.98 Å². The van der Waals surface area contributed by atoms with Crippen molar-refractivity contribution in [2.75, 3.05) is 12.0 Å². The Hall–Kier alpha value is -0.680. The van der Waals surface area contributed by atoms with Gasteiger partial charge in [-0.3, -0.25) is 4.21 Å². The quantitative estimate of drug-likeness (QED) is 0.785. The van der Waals surface area contributed by atoms with Gasteiger partial charge in [-0.1, -0.05) is 0 Å². The zero-order valence-electron chi connectivity index (χ0n) is 8.64. The van der Waals surface area contributed by atoms with Crippen LogP contribution in [0.15, 0.2) is 12.5 Å². The van der Waals surface area contributed by atoms with E-state index >= 15 is 0 Å². The van der Waals surface area contributed by atoms with Crippen molar-refractivity contribution >= 4 is 10.8 Å². The molecular weight excluding hydrogens is 198 g/mol. The molecule has 0 fully saturated rings. The van der Waals surface area contributed by atoms with Crippen molar-refractivity contribution in [2.45, 2.75) is 25.9 Å². The second-order valence-electron chi connectivity index (χ2n) is 3.43. The molecule has 4 nitrogen and oxygen atoms in total. The van der Waals surface area contributed by atoms with Crippen LogP contribution >= 0.6 is 0 Å². The summed E-state index contributed by atoms with van der Waals surface area (Å²) < 4.78 is 12.9. The molecule has 2 N–H and O–H groups in total. The summed E-state index contributed by atoms with van der Waals surface area (Å²) in [5.41, 5.74) is 6.80. The van der Waals surface area contributed by atoms with Gasteiger partial charge in [0.15, 0.2) is 0 Å². The number of nitrogens with zero attached hydrogens (tertiary/aromatic N) is 2. The Labute approximate surface area is 87.0 Å². The van der Waals surface area contributed by atoms with Gasteiger partial charge < -0.3 is 10.3 Å². The lowest BCUT2D eigenvalue weighted by Gasteiger charge is -2.09. The van der Waals surface area contributed by atoms with Crippen LogP contribution in [-0.4, -0.2) is 25.8 Å². The average Bonchev–Trinajstić information content (AvgIpc) is 2.51. The van der Waals surface area contributed by atoms with Crippen LogP contribution in [0.25, 0.3) is 0 Å². The van der Waals surface area contributed by atoms with Gasteiger partial charge >= 0.3 is 0 Å². The predicted octanol–water partition coefficient (Wildman–Crippen LogP) is 0.671. The largest absolute Gasteiger partial charge is 0.333 e. The van der Waals surface area contributed by atoms with Gasteiger partial charge in [0.1, 0.15) is 0 Å². The molecule has 14 heavy (non-hydrogen) atoms. The van der Waals surface area contributed by atoms with Crippen molar-refractivity contribution in [1.29, 1.82) is 0 Å². The Kier molecular flexibility index (Phi) is 4.28. The molecule has 0 saturated heterocycles. The summed E-state index contributed by atoms with van der Waals surface area (Å²) in [6, 6.07) is 0.00428. The second-order valence-corrected chi connectivity index (χ2v) is 4.99. The van der Waals surface area contributed by atoms with Gasteiger partial charge in [0.05, 0.1) is 12.0 Å². The Bertz CT molecular complexity index is 309. The molecule has 2 atom stereocenters. The van der Waals surface area contributed by atoms with E-state index in [0.717, 1.165) is 24.4 Å². The molecule has 80 valence electrons. The van der Waals surface area contributed by atoms with E-state index in [4.69, 9.17) is 5.73 Å². The number of aryl methyl sites for hydroxylation is 1. The Morgan fingerprint density at radius 2 is 2.43 bits per heavy atom. The fourth-order valence-corrected chi connectivity index (χ4v) is 1.87. The highest BCUT2D eigenvalue weighted by atomic mass is 32.2. The molecule has 0 amide bonds. The Balaban J connectivity index is 2.50. The number of imidazole rings is 1. The standard InChI is InChI=1S/C9H17N3OS/c1-8(10)9-6-11-7-12(9)4-3-5-14(2)13/h6-8H,3-5,10H2,1-2H3. The maximum Gasteiger partial charge on any atom is 0.0948 e. The molecule has 1 aromatic rings. The minimum atomic E-state index is -0.709. The third kappa shape index (κ3) is 3.23. The minimum Gasteiger partial charge on any atom is -0.333 e. The first-order chi connectivity index (χ1) is 6.61. The van der Waals surface area contributed by atoms with E-state index in [1.807, 2.05) is 11.5 Å². The average molecular weight is 215 g/mol. The molecular formula is C9H17N3OS. The van der Waals surface area contributed by atoms with Crippen molar-refractivity contribution in [3.63, 3.8) is 0 Å². The number of hydrogen-bond acceptors (Lipinski definition) is 3. The topological polar surface area (TPSA) is 60.9 Å². The maximum atomic E-state index is 10.9. The van der Waals surface area contributed by atoms with Gasteiger partial charge in [0.25, 0.3) is 0 Å². The molecule has 0 spiro atoms. The Morgan fingerprint density at radius 1 is 1.71 bits per heavy atom. The summed E-state index contributed by atoms with van der Waals surface area (Å²) in [5.74, 6) is 0.733. The normalized spacial score (nSPS) is 15.4. The number of hydrogen-bond donors (Lipinski definition) is 1. The summed E-state index contributed by atoms with van der Waals surface area (Å²) in [5, 5.41) is 0. The summed E-state index contributed by atoms with van der Waals surface area (Å²) >= 11 is 0. The van der Waals surface area contributed by atoms with Crippen molar-refractivity contribution < 1.29 is 4.21 Å². The van der Waals surface area contributed by atoms with E-state index in [2.05, 4.69) is 4.98 Å². The van der Waals surface area contributed by atoms with Gasteiger partial charge in [-0.15, -0.1) is 0 Å². The highest BCUT2D eigenvalue weighted by Gasteiger charge is 2.05. The molecule has 0 aliphatic heterocycles. The summed E-state index contributed by atoms with van der Waals surface area (Å²) in [6.07, 6.45) is 6.18. The van der Waals surface area contributed by atoms with E-state index in [9.17, 15) is 4.21 Å². The fraction of sp³-hybridized carbons (Fsp3) is 0.667. The molecule has 1 rings (SSSR count). The molecule has 1 aromatic heterocycles. The lowest BCUT2D eigenvalue weighted by molar-refractivity contribution is 0.612. The van der Waals surface area contributed by atoms with Crippen LogP contribution in [0.1, 0.15) is 25.1 Å². The zero-order valence-corrected chi connectivity index (χ0v) is 9.46. The molecule has 0 aromatic carbocycles. The maximum absolute atomic E-state index is 10.9. The molecule has 5 heteroatoms. The van der Waals surface area contributed by atoms with Crippen LogP contribution in [-0.2, 0) is 17.3 Å². The summed E-state index contributed by atoms with van der Waals surface area (Å²) in [4.78, 5) is 4.05. The van der Waals surface area contributed by atoms with Crippen molar-refractivity contribution in [3.8, 4) is 0 Å². The molecule has 0 aliphatic rings. The van der Waals surface area contributed by atoms with Crippen LogP contribution in [0.2, 0.25) is 0 Å². The van der Waals surface area contributed by atoms with Crippen molar-refractivity contribution in [3.05, 3.63) is 18.2 Å². The van der Waals surface area contributed by atoms with E-state index in [1.165, 1.54) is 0 Å². The third-order valence-corrected chi connectivity index (χ3v) is 2.91. The van der Waals surface area contributed by atoms with E-state index in [0.29, 0.717) is 0 Å². The lowest BCUT2D eigenvalue weighted by Crippen LogP contribution is -2.12. The first-order valence-corrected chi connectivity index (χ1v) is 6.39. The van der Waals surface area contributed by atoms with Gasteiger partial charge in [0.2, 0.25) is 0 Å². The fourth-order valence-electron chi connectivity index (χ4n) is 1.34. The van der Waals surface area contributed by atoms with Gasteiger partial charge in [-0.2, -0.15) is 0 Å². The highest BCUT2D eigenvalue weighted by molar-refractivity contribution is 7.84. The van der Waals surface area contributed by atoms with Crippen LogP contribution in [0.4, 0.5) is 0 Å². The van der Waals surface area contributed by atoms with Gasteiger partial charge in [0, 0.05) is 41.6 Å². The van der Waals surface area contributed by atoms with E-state index < -0.39 is 10.8 Å². The minimum absolute atomic E-state index is 0.00428. The molecule has 0 bridgehead atoms. The molecule has 1 heterocycles. The zero-order chi connectivity index (χ0) is 10.6. The predicted molar refractivity (Wildman–Crippen MR) is 58.4 cm³/mol. The highest BCUT2D eigenvalue weighted by Crippen LogP contribution is 2.08. The van der Waals surface area contributed by atoms with E-state index in [1.54, 1.807) is 18.8 Å². The summed E-state index contributed by atoms with van der Waals surface area (Å²) in [6.45, 7) is 2.78. The molecule has 0 aliphatic carbocycles. The van der Waals surface area contributed by atoms with Crippen LogP contribution in [0, 0.1) is 0 Å². The molecule has 0 radical (unpaired) electrons. The van der Waals surface area contributed by atoms with Crippen LogP contribution in [0.5, 0.6) is 0 Å².